The first-order valence-electron chi connectivity index (χ1n) is 11.3. The molecule has 0 aliphatic carbocycles. The van der Waals surface area contributed by atoms with E-state index in [1.807, 2.05) is 91.0 Å². The summed E-state index contributed by atoms with van der Waals surface area (Å²) in [5, 5.41) is 5.06. The Morgan fingerprint density at radius 1 is 0.944 bits per heavy atom. The highest BCUT2D eigenvalue weighted by Crippen LogP contribution is 2.34. The molecule has 0 aliphatic heterocycles. The van der Waals surface area contributed by atoms with Gasteiger partial charge >= 0.3 is 0 Å². The van der Waals surface area contributed by atoms with Crippen molar-refractivity contribution < 1.29 is 9.47 Å². The Morgan fingerprint density at radius 3 is 2.39 bits per heavy atom. The van der Waals surface area contributed by atoms with Gasteiger partial charge in [-0.15, -0.1) is 0 Å². The molecule has 6 nitrogen and oxygen atoms in total. The molecule has 0 aliphatic rings. The van der Waals surface area contributed by atoms with Crippen molar-refractivity contribution in [2.75, 3.05) is 7.11 Å². The Labute approximate surface area is 222 Å². The van der Waals surface area contributed by atoms with E-state index in [0.717, 1.165) is 20.3 Å². The second kappa shape index (κ2) is 10.7. The first-order chi connectivity index (χ1) is 17.6. The average Bonchev–Trinajstić information content (AvgIpc) is 2.92. The molecule has 0 fully saturated rings. The highest BCUT2D eigenvalue weighted by molar-refractivity contribution is 14.1. The molecule has 0 saturated carbocycles. The Balaban J connectivity index is 1.53. The maximum atomic E-state index is 13.4. The molecule has 7 heteroatoms. The Hall–Kier alpha value is -3.98. The number of benzene rings is 4. The van der Waals surface area contributed by atoms with Crippen LogP contribution in [0.1, 0.15) is 11.1 Å². The molecule has 178 valence electrons. The third-order valence-corrected chi connectivity index (χ3v) is 6.39. The van der Waals surface area contributed by atoms with Crippen molar-refractivity contribution in [2.45, 2.75) is 6.61 Å². The van der Waals surface area contributed by atoms with E-state index in [4.69, 9.17) is 14.5 Å². The molecule has 0 spiro atoms. The molecular weight excluding hydrogens is 565 g/mol. The molecule has 0 radical (unpaired) electrons. The lowest BCUT2D eigenvalue weighted by Crippen LogP contribution is -2.20. The fourth-order valence-corrected chi connectivity index (χ4v) is 4.59. The maximum Gasteiger partial charge on any atom is 0.282 e. The molecule has 0 unspecified atom stereocenters. The van der Waals surface area contributed by atoms with Crippen molar-refractivity contribution in [3.8, 4) is 22.9 Å². The van der Waals surface area contributed by atoms with Gasteiger partial charge in [0.25, 0.3) is 5.56 Å². The van der Waals surface area contributed by atoms with Crippen LogP contribution in [0.25, 0.3) is 22.3 Å². The second-order valence-electron chi connectivity index (χ2n) is 7.99. The Bertz CT molecular complexity index is 1600. The number of hydrogen-bond acceptors (Lipinski definition) is 5. The van der Waals surface area contributed by atoms with E-state index in [0.29, 0.717) is 34.8 Å². The van der Waals surface area contributed by atoms with Gasteiger partial charge in [-0.3, -0.25) is 4.79 Å². The fourth-order valence-electron chi connectivity index (χ4n) is 3.81. The normalized spacial score (nSPS) is 11.2. The monoisotopic (exact) mass is 587 g/mol. The van der Waals surface area contributed by atoms with E-state index in [-0.39, 0.29) is 5.56 Å². The number of halogens is 1. The van der Waals surface area contributed by atoms with E-state index in [1.165, 1.54) is 4.68 Å². The number of para-hydroxylation sites is 1. The van der Waals surface area contributed by atoms with Gasteiger partial charge in [0.1, 0.15) is 6.61 Å². The zero-order valence-corrected chi connectivity index (χ0v) is 21.6. The van der Waals surface area contributed by atoms with E-state index >= 15 is 0 Å². The molecule has 1 heterocycles. The molecule has 0 saturated heterocycles. The van der Waals surface area contributed by atoms with Crippen LogP contribution in [-0.4, -0.2) is 23.0 Å². The molecule has 1 aromatic heterocycles. The van der Waals surface area contributed by atoms with Gasteiger partial charge in [0, 0.05) is 5.56 Å². The maximum absolute atomic E-state index is 13.4. The van der Waals surface area contributed by atoms with E-state index < -0.39 is 0 Å². The summed E-state index contributed by atoms with van der Waals surface area (Å²) >= 11 is 2.22. The van der Waals surface area contributed by atoms with Crippen molar-refractivity contribution in [3.63, 3.8) is 0 Å². The summed E-state index contributed by atoms with van der Waals surface area (Å²) in [7, 11) is 1.60. The van der Waals surface area contributed by atoms with Gasteiger partial charge in [-0.2, -0.15) is 9.78 Å². The minimum atomic E-state index is -0.236. The minimum absolute atomic E-state index is 0.236. The largest absolute Gasteiger partial charge is 0.493 e. The van der Waals surface area contributed by atoms with Crippen LogP contribution in [0, 0.1) is 3.57 Å². The lowest BCUT2D eigenvalue weighted by molar-refractivity contribution is 0.282. The molecule has 36 heavy (non-hydrogen) atoms. The molecule has 5 aromatic rings. The smallest absolute Gasteiger partial charge is 0.282 e. The van der Waals surface area contributed by atoms with Crippen LogP contribution >= 0.6 is 22.6 Å². The number of methoxy groups -OCH3 is 1. The van der Waals surface area contributed by atoms with Crippen LogP contribution in [0.2, 0.25) is 0 Å². The average molecular weight is 587 g/mol. The number of nitrogens with zero attached hydrogens (tertiary/aromatic N) is 3. The summed E-state index contributed by atoms with van der Waals surface area (Å²) in [5.74, 6) is 1.72. The zero-order chi connectivity index (χ0) is 24.9. The van der Waals surface area contributed by atoms with Gasteiger partial charge in [0.2, 0.25) is 0 Å². The van der Waals surface area contributed by atoms with Gasteiger partial charge in [0.05, 0.1) is 27.8 Å². The lowest BCUT2D eigenvalue weighted by atomic mass is 10.2. The third-order valence-electron chi connectivity index (χ3n) is 5.59. The zero-order valence-electron chi connectivity index (χ0n) is 19.5. The van der Waals surface area contributed by atoms with Gasteiger partial charge in [-0.25, -0.2) is 4.98 Å². The predicted molar refractivity (Wildman–Crippen MR) is 151 cm³/mol. The first kappa shape index (κ1) is 23.7. The number of aromatic nitrogens is 2. The third kappa shape index (κ3) is 5.01. The Kier molecular flexibility index (Phi) is 7.08. The molecule has 0 atom stereocenters. The van der Waals surface area contributed by atoms with Crippen molar-refractivity contribution in [1.82, 2.24) is 9.66 Å². The summed E-state index contributed by atoms with van der Waals surface area (Å²) < 4.78 is 13.9. The van der Waals surface area contributed by atoms with E-state index in [9.17, 15) is 4.79 Å². The molecule has 0 N–H and O–H groups in total. The fraction of sp³-hybridized carbons (Fsp3) is 0.0690. The van der Waals surface area contributed by atoms with Gasteiger partial charge in [0.15, 0.2) is 17.3 Å². The van der Waals surface area contributed by atoms with E-state index in [2.05, 4.69) is 27.7 Å². The van der Waals surface area contributed by atoms with Crippen LogP contribution < -0.4 is 15.0 Å². The second-order valence-corrected chi connectivity index (χ2v) is 9.15. The minimum Gasteiger partial charge on any atom is -0.493 e. The lowest BCUT2D eigenvalue weighted by Gasteiger charge is -2.14. The summed E-state index contributed by atoms with van der Waals surface area (Å²) in [6.45, 7) is 0.430. The highest BCUT2D eigenvalue weighted by atomic mass is 127. The number of ether oxygens (including phenoxy) is 2. The van der Waals surface area contributed by atoms with Crippen molar-refractivity contribution in [2.24, 2.45) is 5.10 Å². The molecule has 4 aromatic carbocycles. The van der Waals surface area contributed by atoms with Crippen LogP contribution in [0.5, 0.6) is 11.5 Å². The predicted octanol–water partition coefficient (Wildman–Crippen LogP) is 6.14. The summed E-state index contributed by atoms with van der Waals surface area (Å²) in [5.41, 5.74) is 3.03. The number of hydrogen-bond donors (Lipinski definition) is 0. The SMILES string of the molecule is COc1cc(C=Nn2c(-c3ccccc3)nc3ccccc3c2=O)cc(I)c1OCc1ccccc1. The van der Waals surface area contributed by atoms with Crippen molar-refractivity contribution in [1.29, 1.82) is 0 Å². The summed E-state index contributed by atoms with van der Waals surface area (Å²) in [4.78, 5) is 18.1. The van der Waals surface area contributed by atoms with Crippen LogP contribution in [-0.2, 0) is 6.61 Å². The van der Waals surface area contributed by atoms with E-state index in [1.54, 1.807) is 19.4 Å². The number of fused-ring (bicyclic) bond motifs is 1. The van der Waals surface area contributed by atoms with Crippen LogP contribution in [0.4, 0.5) is 0 Å². The highest BCUT2D eigenvalue weighted by Gasteiger charge is 2.14. The standard InChI is InChI=1S/C29H22IN3O3/c1-35-26-17-21(16-24(30)27(26)36-19-20-10-4-2-5-11-20)18-31-33-28(22-12-6-3-7-13-22)32-25-15-9-8-14-23(25)29(33)34/h2-18H,19H2,1H3. The quantitative estimate of drug-likeness (QED) is 0.170. The summed E-state index contributed by atoms with van der Waals surface area (Å²) in [6.07, 6.45) is 1.63. The topological polar surface area (TPSA) is 65.7 Å². The molecule has 0 bridgehead atoms. The van der Waals surface area contributed by atoms with Gasteiger partial charge in [-0.1, -0.05) is 72.8 Å². The number of rotatable bonds is 7. The van der Waals surface area contributed by atoms with Crippen molar-refractivity contribution >= 4 is 39.7 Å². The Morgan fingerprint density at radius 2 is 1.64 bits per heavy atom. The first-order valence-corrected chi connectivity index (χ1v) is 12.4. The summed E-state index contributed by atoms with van der Waals surface area (Å²) in [6, 6.07) is 30.6. The molecule has 0 amide bonds. The molecule has 5 rings (SSSR count). The molecular formula is C29H22IN3O3. The van der Waals surface area contributed by atoms with Gasteiger partial charge < -0.3 is 9.47 Å². The van der Waals surface area contributed by atoms with Gasteiger partial charge in [-0.05, 0) is 58.0 Å². The van der Waals surface area contributed by atoms with Crippen molar-refractivity contribution in [3.05, 3.63) is 122 Å². The van der Waals surface area contributed by atoms with Crippen LogP contribution in [0.15, 0.2) is 107 Å². The van der Waals surface area contributed by atoms with Crippen LogP contribution in [0.3, 0.4) is 0 Å².